The maximum Gasteiger partial charge on any atom is 0.238 e. The molecule has 2 saturated carbocycles. The molecule has 3 atom stereocenters. The van der Waals surface area contributed by atoms with Gasteiger partial charge in [-0.3, -0.25) is 4.79 Å². The van der Waals surface area contributed by atoms with E-state index in [4.69, 9.17) is 0 Å². The van der Waals surface area contributed by atoms with Crippen LogP contribution in [0.15, 0.2) is 0 Å². The number of rotatable bonds is 1. The molecule has 1 aliphatic heterocycles. The Morgan fingerprint density at radius 2 is 2.06 bits per heavy atom. The Morgan fingerprint density at radius 1 is 1.39 bits per heavy atom. The van der Waals surface area contributed by atoms with Gasteiger partial charge < -0.3 is 0 Å². The summed E-state index contributed by atoms with van der Waals surface area (Å²) in [6.45, 7) is 6.13. The molecule has 2 aliphatic carbocycles. The monoisotopic (exact) mass is 271 g/mol. The summed E-state index contributed by atoms with van der Waals surface area (Å²) in [6.07, 6.45) is 3.23. The Hall–Kier alpha value is -0.580. The van der Waals surface area contributed by atoms with E-state index in [9.17, 15) is 13.2 Å². The fourth-order valence-electron chi connectivity index (χ4n) is 4.77. The lowest BCUT2D eigenvalue weighted by Crippen LogP contribution is -2.43. The summed E-state index contributed by atoms with van der Waals surface area (Å²) >= 11 is 0. The van der Waals surface area contributed by atoms with Crippen molar-refractivity contribution in [3.05, 3.63) is 0 Å². The highest BCUT2D eigenvalue weighted by Crippen LogP contribution is 2.69. The quantitative estimate of drug-likeness (QED) is 0.730. The first kappa shape index (κ1) is 12.5. The van der Waals surface area contributed by atoms with Crippen LogP contribution in [-0.4, -0.2) is 30.4 Å². The maximum absolute atomic E-state index is 12.4. The zero-order chi connectivity index (χ0) is 13.3. The number of carbonyl (C=O) groups excluding carboxylic acids is 1. The second kappa shape index (κ2) is 3.30. The number of sulfonamides is 1. The van der Waals surface area contributed by atoms with Crippen molar-refractivity contribution < 1.29 is 13.2 Å². The van der Waals surface area contributed by atoms with Gasteiger partial charge in [0, 0.05) is 11.8 Å². The molecule has 4 nitrogen and oxygen atoms in total. The lowest BCUT2D eigenvalue weighted by atomic mass is 9.69. The molecular weight excluding hydrogens is 250 g/mol. The Bertz CT molecular complexity index is 510. The van der Waals surface area contributed by atoms with Gasteiger partial charge in [-0.05, 0) is 30.6 Å². The highest BCUT2D eigenvalue weighted by atomic mass is 32.2. The summed E-state index contributed by atoms with van der Waals surface area (Å²) < 4.78 is 25.9. The molecule has 0 N–H and O–H groups in total. The van der Waals surface area contributed by atoms with E-state index in [1.807, 2.05) is 0 Å². The van der Waals surface area contributed by atoms with Crippen molar-refractivity contribution >= 4 is 15.9 Å². The topological polar surface area (TPSA) is 54.5 Å². The molecule has 3 fully saturated rings. The molecule has 2 unspecified atom stereocenters. The van der Waals surface area contributed by atoms with E-state index in [1.165, 1.54) is 4.31 Å². The maximum atomic E-state index is 12.4. The van der Waals surface area contributed by atoms with Crippen LogP contribution in [0.25, 0.3) is 0 Å². The van der Waals surface area contributed by atoms with Crippen molar-refractivity contribution in [2.75, 3.05) is 5.75 Å². The van der Waals surface area contributed by atoms with Gasteiger partial charge in [0.2, 0.25) is 15.9 Å². The number of nitrogens with zero attached hydrogens (tertiary/aromatic N) is 1. The van der Waals surface area contributed by atoms with Gasteiger partial charge in [0.25, 0.3) is 0 Å². The Balaban J connectivity index is 2.11. The van der Waals surface area contributed by atoms with Crippen LogP contribution >= 0.6 is 0 Å². The molecule has 0 radical (unpaired) electrons. The molecule has 1 saturated heterocycles. The normalized spacial score (nSPS) is 43.2. The van der Waals surface area contributed by atoms with E-state index in [0.29, 0.717) is 5.92 Å². The fourth-order valence-corrected chi connectivity index (χ4v) is 7.39. The number of hydrogen-bond donors (Lipinski definition) is 0. The second-order valence-electron chi connectivity index (χ2n) is 6.66. The Morgan fingerprint density at radius 3 is 2.61 bits per heavy atom. The van der Waals surface area contributed by atoms with Crippen molar-refractivity contribution in [1.82, 2.24) is 4.31 Å². The minimum atomic E-state index is -3.39. The predicted octanol–water partition coefficient (Wildman–Crippen LogP) is 1.76. The third-order valence-electron chi connectivity index (χ3n) is 5.96. The van der Waals surface area contributed by atoms with Crippen molar-refractivity contribution in [3.8, 4) is 0 Å². The van der Waals surface area contributed by atoms with Crippen LogP contribution in [0.2, 0.25) is 0 Å². The van der Waals surface area contributed by atoms with Gasteiger partial charge in [-0.25, -0.2) is 12.7 Å². The highest BCUT2D eigenvalue weighted by Gasteiger charge is 2.72. The number of fused-ring (bicyclic) bond motifs is 1. The third kappa shape index (κ3) is 1.17. The van der Waals surface area contributed by atoms with Crippen molar-refractivity contribution in [2.24, 2.45) is 16.7 Å². The van der Waals surface area contributed by atoms with Gasteiger partial charge >= 0.3 is 0 Å². The van der Waals surface area contributed by atoms with E-state index in [1.54, 1.807) is 6.92 Å². The Kier molecular flexibility index (Phi) is 2.28. The van der Waals surface area contributed by atoms with Crippen LogP contribution in [0.4, 0.5) is 0 Å². The standard InChI is InChI=1S/C13H21NO3S/c1-4-11(15)14-10-7-9-5-6-13(10,12(9,2)3)8-18(14,16)17/h9-10H,4-8H2,1-3H3/t9?,10?,13-/m0/s1. The lowest BCUT2D eigenvalue weighted by Gasteiger charge is -2.37. The molecule has 1 heterocycles. The van der Waals surface area contributed by atoms with Crippen LogP contribution < -0.4 is 0 Å². The molecule has 1 spiro atoms. The van der Waals surface area contributed by atoms with Gasteiger partial charge in [-0.2, -0.15) is 0 Å². The molecule has 1 amide bonds. The van der Waals surface area contributed by atoms with Crippen LogP contribution in [0.3, 0.4) is 0 Å². The molecule has 0 aromatic rings. The summed E-state index contributed by atoms with van der Waals surface area (Å²) in [5.41, 5.74) is -0.130. The molecule has 3 aliphatic rings. The van der Waals surface area contributed by atoms with Crippen LogP contribution in [0.1, 0.15) is 46.5 Å². The molecule has 2 bridgehead atoms. The second-order valence-corrected chi connectivity index (χ2v) is 8.51. The summed E-state index contributed by atoms with van der Waals surface area (Å²) in [7, 11) is -3.39. The molecule has 102 valence electrons. The first-order chi connectivity index (χ1) is 8.26. The molecule has 5 heteroatoms. The van der Waals surface area contributed by atoms with E-state index < -0.39 is 10.0 Å². The van der Waals surface area contributed by atoms with E-state index in [2.05, 4.69) is 13.8 Å². The molecule has 18 heavy (non-hydrogen) atoms. The van der Waals surface area contributed by atoms with Gasteiger partial charge in [0.05, 0.1) is 11.8 Å². The smallest absolute Gasteiger partial charge is 0.238 e. The third-order valence-corrected chi connectivity index (χ3v) is 7.90. The van der Waals surface area contributed by atoms with Crippen molar-refractivity contribution in [2.45, 2.75) is 52.5 Å². The van der Waals surface area contributed by atoms with E-state index in [0.717, 1.165) is 19.3 Å². The largest absolute Gasteiger partial charge is 0.274 e. The lowest BCUT2D eigenvalue weighted by molar-refractivity contribution is -0.128. The average molecular weight is 271 g/mol. The summed E-state index contributed by atoms with van der Waals surface area (Å²) in [5.74, 6) is 0.533. The van der Waals surface area contributed by atoms with Gasteiger partial charge in [-0.15, -0.1) is 0 Å². The minimum Gasteiger partial charge on any atom is -0.274 e. The number of amides is 1. The van der Waals surface area contributed by atoms with Crippen LogP contribution in [0.5, 0.6) is 0 Å². The van der Waals surface area contributed by atoms with Crippen LogP contribution in [0, 0.1) is 16.7 Å². The summed E-state index contributed by atoms with van der Waals surface area (Å²) in [5, 5.41) is 0. The molecular formula is C13H21NO3S. The molecule has 0 aromatic heterocycles. The van der Waals surface area contributed by atoms with Gasteiger partial charge in [0.15, 0.2) is 0 Å². The van der Waals surface area contributed by atoms with Gasteiger partial charge in [-0.1, -0.05) is 20.8 Å². The number of hydrogen-bond acceptors (Lipinski definition) is 3. The van der Waals surface area contributed by atoms with Crippen LogP contribution in [-0.2, 0) is 14.8 Å². The first-order valence-electron chi connectivity index (χ1n) is 6.81. The Labute approximate surface area is 109 Å². The molecule has 3 rings (SSSR count). The summed E-state index contributed by atoms with van der Waals surface area (Å²) in [6, 6.07) is -0.0660. The summed E-state index contributed by atoms with van der Waals surface area (Å²) in [4.78, 5) is 12.0. The first-order valence-corrected chi connectivity index (χ1v) is 8.42. The predicted molar refractivity (Wildman–Crippen MR) is 68.3 cm³/mol. The van der Waals surface area contributed by atoms with Crippen molar-refractivity contribution in [1.29, 1.82) is 0 Å². The zero-order valence-corrected chi connectivity index (χ0v) is 12.1. The SMILES string of the molecule is CCC(=O)N1C2CC3CC[C@@]2(CS1(=O)=O)C3(C)C. The minimum absolute atomic E-state index is 0.0491. The zero-order valence-electron chi connectivity index (χ0n) is 11.3. The van der Waals surface area contributed by atoms with E-state index >= 15 is 0 Å². The van der Waals surface area contributed by atoms with Gasteiger partial charge in [0.1, 0.15) is 0 Å². The molecule has 0 aromatic carbocycles. The van der Waals surface area contributed by atoms with E-state index in [-0.39, 0.29) is 35.0 Å². The fraction of sp³-hybridized carbons (Fsp3) is 0.923. The highest BCUT2D eigenvalue weighted by molar-refractivity contribution is 7.90. The number of carbonyl (C=O) groups is 1. The average Bonchev–Trinajstić information content (AvgIpc) is 2.74. The van der Waals surface area contributed by atoms with Crippen molar-refractivity contribution in [3.63, 3.8) is 0 Å².